The lowest BCUT2D eigenvalue weighted by molar-refractivity contribution is -0.130. The van der Waals surface area contributed by atoms with Crippen LogP contribution in [0, 0.1) is 0 Å². The smallest absolute Gasteiger partial charge is 0.363 e. The Hall–Kier alpha value is -2.51. The van der Waals surface area contributed by atoms with Crippen molar-refractivity contribution in [3.8, 4) is 0 Å². The number of esters is 1. The number of nitrogens with zero attached hydrogens (tertiary/aromatic N) is 3. The number of benzene rings is 1. The SMILES string of the molecule is CCN(C(C)=O)c1nc(/C=C2\N=C(c3cccc(Cl)c3)OC2=O)cs1. The van der Waals surface area contributed by atoms with Gasteiger partial charge in [-0.15, -0.1) is 11.3 Å². The van der Waals surface area contributed by atoms with E-state index in [0.717, 1.165) is 0 Å². The molecule has 0 radical (unpaired) electrons. The van der Waals surface area contributed by atoms with Crippen LogP contribution in [0.15, 0.2) is 40.3 Å². The number of rotatable bonds is 4. The standard InChI is InChI=1S/C17H14ClN3O3S/c1-3-21(10(2)22)17-19-13(9-25-17)8-14-16(23)24-15(20-14)11-5-4-6-12(18)7-11/h4-9H,3H2,1-2H3/b14-8-. The third-order valence-corrected chi connectivity index (χ3v) is 4.53. The number of hydrogen-bond acceptors (Lipinski definition) is 6. The largest absolute Gasteiger partial charge is 0.402 e. The molecule has 0 saturated heterocycles. The molecule has 0 unspecified atom stereocenters. The summed E-state index contributed by atoms with van der Waals surface area (Å²) in [6, 6.07) is 6.91. The van der Waals surface area contributed by atoms with Gasteiger partial charge in [0.15, 0.2) is 10.8 Å². The summed E-state index contributed by atoms with van der Waals surface area (Å²) in [6.45, 7) is 3.88. The second-order valence-corrected chi connectivity index (χ2v) is 6.44. The molecule has 0 fully saturated rings. The van der Waals surface area contributed by atoms with Crippen LogP contribution in [-0.2, 0) is 14.3 Å². The van der Waals surface area contributed by atoms with Crippen molar-refractivity contribution >= 4 is 51.9 Å². The van der Waals surface area contributed by atoms with E-state index in [9.17, 15) is 9.59 Å². The average Bonchev–Trinajstić information content (AvgIpc) is 3.16. The van der Waals surface area contributed by atoms with E-state index in [0.29, 0.717) is 28.0 Å². The topological polar surface area (TPSA) is 71.9 Å². The second kappa shape index (κ2) is 7.16. The van der Waals surface area contributed by atoms with Crippen molar-refractivity contribution in [2.45, 2.75) is 13.8 Å². The number of halogens is 1. The zero-order chi connectivity index (χ0) is 18.0. The molecule has 1 amide bonds. The molecule has 3 rings (SSSR count). The Kier molecular flexibility index (Phi) is 4.96. The Morgan fingerprint density at radius 1 is 1.44 bits per heavy atom. The summed E-state index contributed by atoms with van der Waals surface area (Å²) >= 11 is 7.27. The van der Waals surface area contributed by atoms with Crippen LogP contribution in [0.5, 0.6) is 0 Å². The Balaban J connectivity index is 1.87. The molecule has 1 aliphatic rings. The Morgan fingerprint density at radius 2 is 2.24 bits per heavy atom. The number of ether oxygens (including phenoxy) is 1. The molecule has 2 aromatic rings. The quantitative estimate of drug-likeness (QED) is 0.605. The highest BCUT2D eigenvalue weighted by atomic mass is 35.5. The van der Waals surface area contributed by atoms with Gasteiger partial charge in [0.2, 0.25) is 11.8 Å². The van der Waals surface area contributed by atoms with Crippen molar-refractivity contribution in [1.82, 2.24) is 4.98 Å². The highest BCUT2D eigenvalue weighted by molar-refractivity contribution is 7.14. The van der Waals surface area contributed by atoms with Gasteiger partial charge < -0.3 is 4.74 Å². The number of amides is 1. The van der Waals surface area contributed by atoms with Gasteiger partial charge in [-0.05, 0) is 31.2 Å². The molecular weight excluding hydrogens is 362 g/mol. The highest BCUT2D eigenvalue weighted by Crippen LogP contribution is 2.25. The number of carbonyl (C=O) groups is 2. The monoisotopic (exact) mass is 375 g/mol. The van der Waals surface area contributed by atoms with Crippen LogP contribution in [0.4, 0.5) is 5.13 Å². The normalized spacial score (nSPS) is 15.2. The van der Waals surface area contributed by atoms with E-state index >= 15 is 0 Å². The van der Waals surface area contributed by atoms with Gasteiger partial charge in [0.05, 0.1) is 5.69 Å². The average molecular weight is 376 g/mol. The summed E-state index contributed by atoms with van der Waals surface area (Å²) in [6.07, 6.45) is 1.54. The van der Waals surface area contributed by atoms with Gasteiger partial charge in [-0.25, -0.2) is 14.8 Å². The second-order valence-electron chi connectivity index (χ2n) is 5.16. The molecule has 2 heterocycles. The first-order chi connectivity index (χ1) is 12.0. The molecular formula is C17H14ClN3O3S. The molecule has 0 N–H and O–H groups in total. The van der Waals surface area contributed by atoms with E-state index in [1.165, 1.54) is 24.3 Å². The number of hydrogen-bond donors (Lipinski definition) is 0. The summed E-state index contributed by atoms with van der Waals surface area (Å²) < 4.78 is 5.20. The molecule has 1 aromatic heterocycles. The number of anilines is 1. The van der Waals surface area contributed by atoms with E-state index in [-0.39, 0.29) is 17.5 Å². The number of aliphatic imine (C=N–C) groups is 1. The zero-order valence-electron chi connectivity index (χ0n) is 13.5. The molecule has 6 nitrogen and oxygen atoms in total. The number of cyclic esters (lactones) is 1. The highest BCUT2D eigenvalue weighted by Gasteiger charge is 2.25. The van der Waals surface area contributed by atoms with E-state index in [2.05, 4.69) is 9.98 Å². The van der Waals surface area contributed by atoms with Crippen molar-refractivity contribution in [1.29, 1.82) is 0 Å². The molecule has 1 aliphatic heterocycles. The lowest BCUT2D eigenvalue weighted by atomic mass is 10.2. The van der Waals surface area contributed by atoms with Crippen molar-refractivity contribution in [2.75, 3.05) is 11.4 Å². The van der Waals surface area contributed by atoms with Crippen LogP contribution in [0.1, 0.15) is 25.1 Å². The van der Waals surface area contributed by atoms with E-state index in [4.69, 9.17) is 16.3 Å². The minimum Gasteiger partial charge on any atom is -0.402 e. The maximum absolute atomic E-state index is 12.0. The minimum atomic E-state index is -0.552. The molecule has 25 heavy (non-hydrogen) atoms. The van der Waals surface area contributed by atoms with Crippen LogP contribution in [0.2, 0.25) is 5.02 Å². The molecule has 8 heteroatoms. The van der Waals surface area contributed by atoms with Gasteiger partial charge >= 0.3 is 5.97 Å². The molecule has 128 valence electrons. The summed E-state index contributed by atoms with van der Waals surface area (Å²) in [5, 5.41) is 2.86. The number of aromatic nitrogens is 1. The van der Waals surface area contributed by atoms with Gasteiger partial charge in [-0.1, -0.05) is 17.7 Å². The summed E-state index contributed by atoms with van der Waals surface area (Å²) in [4.78, 5) is 33.7. The van der Waals surface area contributed by atoms with Gasteiger partial charge in [0, 0.05) is 29.4 Å². The fraction of sp³-hybridized carbons (Fsp3) is 0.176. The Morgan fingerprint density at radius 3 is 2.92 bits per heavy atom. The Labute approximate surface area is 153 Å². The van der Waals surface area contributed by atoms with Crippen molar-refractivity contribution in [3.63, 3.8) is 0 Å². The third-order valence-electron chi connectivity index (χ3n) is 3.41. The maximum atomic E-state index is 12.0. The van der Waals surface area contributed by atoms with Crippen LogP contribution in [-0.4, -0.2) is 29.3 Å². The van der Waals surface area contributed by atoms with E-state index < -0.39 is 5.97 Å². The van der Waals surface area contributed by atoms with Crippen LogP contribution >= 0.6 is 22.9 Å². The fourth-order valence-corrected chi connectivity index (χ4v) is 3.33. The molecule has 0 aliphatic carbocycles. The minimum absolute atomic E-state index is 0.0856. The van der Waals surface area contributed by atoms with E-state index in [1.54, 1.807) is 34.5 Å². The number of carbonyl (C=O) groups excluding carboxylic acids is 2. The van der Waals surface area contributed by atoms with Gasteiger partial charge in [-0.2, -0.15) is 0 Å². The first kappa shape index (κ1) is 17.3. The zero-order valence-corrected chi connectivity index (χ0v) is 15.1. The van der Waals surface area contributed by atoms with Gasteiger partial charge in [-0.3, -0.25) is 9.69 Å². The van der Waals surface area contributed by atoms with Gasteiger partial charge in [0.1, 0.15) is 0 Å². The molecule has 0 saturated carbocycles. The van der Waals surface area contributed by atoms with Crippen molar-refractivity contribution in [3.05, 3.63) is 51.6 Å². The van der Waals surface area contributed by atoms with E-state index in [1.807, 2.05) is 6.92 Å². The maximum Gasteiger partial charge on any atom is 0.363 e. The van der Waals surface area contributed by atoms with Gasteiger partial charge in [0.25, 0.3) is 0 Å². The third kappa shape index (κ3) is 3.78. The van der Waals surface area contributed by atoms with Crippen molar-refractivity contribution < 1.29 is 14.3 Å². The number of thiazole rings is 1. The van der Waals surface area contributed by atoms with Crippen molar-refractivity contribution in [2.24, 2.45) is 4.99 Å². The van der Waals surface area contributed by atoms with Crippen LogP contribution in [0.25, 0.3) is 6.08 Å². The summed E-state index contributed by atoms with van der Waals surface area (Å²) in [7, 11) is 0. The first-order valence-electron chi connectivity index (χ1n) is 7.50. The summed E-state index contributed by atoms with van der Waals surface area (Å²) in [5.74, 6) is -0.436. The predicted molar refractivity (Wildman–Crippen MR) is 97.9 cm³/mol. The summed E-state index contributed by atoms with van der Waals surface area (Å²) in [5.41, 5.74) is 1.32. The predicted octanol–water partition coefficient (Wildman–Crippen LogP) is 3.51. The molecule has 0 bridgehead atoms. The lowest BCUT2D eigenvalue weighted by Gasteiger charge is -2.14. The fourth-order valence-electron chi connectivity index (χ4n) is 2.25. The lowest BCUT2D eigenvalue weighted by Crippen LogP contribution is -2.27. The molecule has 0 spiro atoms. The molecule has 1 aromatic carbocycles. The molecule has 0 atom stereocenters. The van der Waals surface area contributed by atoms with Crippen LogP contribution in [0.3, 0.4) is 0 Å². The first-order valence-corrected chi connectivity index (χ1v) is 8.76. The Bertz CT molecular complexity index is 904. The van der Waals surface area contributed by atoms with Crippen LogP contribution < -0.4 is 4.90 Å².